The molecule has 1 saturated heterocycles. The highest BCUT2D eigenvalue weighted by molar-refractivity contribution is 5.51. The number of hydrogen-bond donors (Lipinski definition) is 0. The number of benzene rings is 1. The van der Waals surface area contributed by atoms with E-state index in [0.29, 0.717) is 6.04 Å². The number of fused-ring (bicyclic) bond motifs is 1. The van der Waals surface area contributed by atoms with E-state index in [1.807, 2.05) is 0 Å². The zero-order valence-corrected chi connectivity index (χ0v) is 13.8. The normalized spacial score (nSPS) is 21.4. The van der Waals surface area contributed by atoms with Gasteiger partial charge in [-0.05, 0) is 31.9 Å². The Morgan fingerprint density at radius 3 is 2.87 bits per heavy atom. The van der Waals surface area contributed by atoms with Crippen LogP contribution in [0.2, 0.25) is 0 Å². The van der Waals surface area contributed by atoms with Crippen LogP contribution in [-0.4, -0.2) is 41.0 Å². The van der Waals surface area contributed by atoms with Crippen LogP contribution in [0.1, 0.15) is 29.7 Å². The summed E-state index contributed by atoms with van der Waals surface area (Å²) in [4.78, 5) is 14.1. The van der Waals surface area contributed by atoms with Crippen molar-refractivity contribution in [1.82, 2.24) is 14.9 Å². The summed E-state index contributed by atoms with van der Waals surface area (Å²) in [6, 6.07) is 11.4. The van der Waals surface area contributed by atoms with E-state index in [1.165, 1.54) is 35.5 Å². The fourth-order valence-electron chi connectivity index (χ4n) is 3.92. The van der Waals surface area contributed by atoms with Crippen molar-refractivity contribution >= 4 is 5.82 Å². The highest BCUT2D eigenvalue weighted by Gasteiger charge is 2.30. The minimum Gasteiger partial charge on any atom is -0.353 e. The highest BCUT2D eigenvalue weighted by Crippen LogP contribution is 2.31. The fraction of sp³-hybridized carbons (Fsp3) is 0.474. The molecule has 4 heteroatoms. The maximum Gasteiger partial charge on any atom is 0.137 e. The summed E-state index contributed by atoms with van der Waals surface area (Å²) in [5.41, 5.74) is 4.02. The molecule has 120 valence electrons. The number of aromatic nitrogens is 2. The standard InChI is InChI=1S/C19H24N4/c1-22-11-9-18-17(13-22)19(21-14-20-18)23-10-5-8-16(23)12-15-6-3-2-4-7-15/h2-4,6-7,14,16H,5,8-13H2,1H3/t16-/m1/s1. The van der Waals surface area contributed by atoms with Gasteiger partial charge in [-0.25, -0.2) is 9.97 Å². The van der Waals surface area contributed by atoms with Gasteiger partial charge in [0.15, 0.2) is 0 Å². The van der Waals surface area contributed by atoms with Crippen molar-refractivity contribution in [2.75, 3.05) is 25.0 Å². The molecule has 4 nitrogen and oxygen atoms in total. The lowest BCUT2D eigenvalue weighted by molar-refractivity contribution is 0.309. The summed E-state index contributed by atoms with van der Waals surface area (Å²) in [5.74, 6) is 1.18. The van der Waals surface area contributed by atoms with Crippen LogP contribution in [0.25, 0.3) is 0 Å². The van der Waals surface area contributed by atoms with Gasteiger partial charge in [-0.3, -0.25) is 0 Å². The summed E-state index contributed by atoms with van der Waals surface area (Å²) < 4.78 is 0. The number of nitrogens with zero attached hydrogens (tertiary/aromatic N) is 4. The molecule has 0 saturated carbocycles. The van der Waals surface area contributed by atoms with Crippen LogP contribution in [0.3, 0.4) is 0 Å². The molecule has 1 aromatic carbocycles. The monoisotopic (exact) mass is 308 g/mol. The van der Waals surface area contributed by atoms with Crippen LogP contribution in [0.4, 0.5) is 5.82 Å². The van der Waals surface area contributed by atoms with E-state index in [-0.39, 0.29) is 0 Å². The average molecular weight is 308 g/mol. The third kappa shape index (κ3) is 2.95. The van der Waals surface area contributed by atoms with Crippen molar-refractivity contribution in [3.8, 4) is 0 Å². The topological polar surface area (TPSA) is 32.3 Å². The molecule has 2 aromatic rings. The Morgan fingerprint density at radius 2 is 2.00 bits per heavy atom. The van der Waals surface area contributed by atoms with Crippen LogP contribution in [0.5, 0.6) is 0 Å². The van der Waals surface area contributed by atoms with Gasteiger partial charge in [-0.2, -0.15) is 0 Å². The molecule has 4 rings (SSSR count). The van der Waals surface area contributed by atoms with E-state index in [2.05, 4.69) is 57.1 Å². The minimum absolute atomic E-state index is 0.559. The van der Waals surface area contributed by atoms with Crippen molar-refractivity contribution in [2.45, 2.75) is 38.3 Å². The SMILES string of the molecule is CN1CCc2ncnc(N3CCC[C@@H]3Cc3ccccc3)c2C1. The van der Waals surface area contributed by atoms with Gasteiger partial charge in [0.1, 0.15) is 12.1 Å². The van der Waals surface area contributed by atoms with Crippen LogP contribution < -0.4 is 4.90 Å². The summed E-state index contributed by atoms with van der Waals surface area (Å²) in [5, 5.41) is 0. The van der Waals surface area contributed by atoms with Gasteiger partial charge in [-0.1, -0.05) is 30.3 Å². The summed E-state index contributed by atoms with van der Waals surface area (Å²) in [6.07, 6.45) is 6.42. The number of likely N-dealkylation sites (N-methyl/N-ethyl adjacent to an activating group) is 1. The molecule has 1 fully saturated rings. The maximum absolute atomic E-state index is 4.69. The first kappa shape index (κ1) is 14.6. The van der Waals surface area contributed by atoms with Gasteiger partial charge in [-0.15, -0.1) is 0 Å². The van der Waals surface area contributed by atoms with Crippen LogP contribution in [0.15, 0.2) is 36.7 Å². The highest BCUT2D eigenvalue weighted by atomic mass is 15.2. The first-order valence-electron chi connectivity index (χ1n) is 8.63. The van der Waals surface area contributed by atoms with E-state index >= 15 is 0 Å². The largest absolute Gasteiger partial charge is 0.353 e. The van der Waals surface area contributed by atoms with Gasteiger partial charge < -0.3 is 9.80 Å². The number of rotatable bonds is 3. The number of anilines is 1. The Hall–Kier alpha value is -1.94. The molecule has 0 amide bonds. The molecule has 1 atom stereocenters. The van der Waals surface area contributed by atoms with Crippen molar-refractivity contribution < 1.29 is 0 Å². The fourth-order valence-corrected chi connectivity index (χ4v) is 3.92. The lowest BCUT2D eigenvalue weighted by Gasteiger charge is -2.32. The van der Waals surface area contributed by atoms with Gasteiger partial charge >= 0.3 is 0 Å². The average Bonchev–Trinajstić information content (AvgIpc) is 3.03. The summed E-state index contributed by atoms with van der Waals surface area (Å²) in [7, 11) is 2.19. The third-order valence-electron chi connectivity index (χ3n) is 5.13. The first-order chi connectivity index (χ1) is 11.3. The van der Waals surface area contributed by atoms with E-state index in [0.717, 1.165) is 32.5 Å². The predicted molar refractivity (Wildman–Crippen MR) is 92.6 cm³/mol. The maximum atomic E-state index is 4.69. The van der Waals surface area contributed by atoms with Crippen molar-refractivity contribution in [1.29, 1.82) is 0 Å². The van der Waals surface area contributed by atoms with Crippen molar-refractivity contribution in [3.63, 3.8) is 0 Å². The molecule has 3 heterocycles. The molecule has 2 aliphatic heterocycles. The van der Waals surface area contributed by atoms with Gasteiger partial charge in [0.2, 0.25) is 0 Å². The van der Waals surface area contributed by atoms with E-state index in [9.17, 15) is 0 Å². The van der Waals surface area contributed by atoms with Crippen LogP contribution in [-0.2, 0) is 19.4 Å². The molecule has 1 aromatic heterocycles. The van der Waals surface area contributed by atoms with Gasteiger partial charge in [0, 0.05) is 37.7 Å². The van der Waals surface area contributed by atoms with Gasteiger partial charge in [0.25, 0.3) is 0 Å². The summed E-state index contributed by atoms with van der Waals surface area (Å²) >= 11 is 0. The first-order valence-corrected chi connectivity index (χ1v) is 8.63. The van der Waals surface area contributed by atoms with E-state index in [4.69, 9.17) is 0 Å². The smallest absolute Gasteiger partial charge is 0.137 e. The second-order valence-electron chi connectivity index (χ2n) is 6.79. The molecule has 0 bridgehead atoms. The Balaban J connectivity index is 1.62. The molecule has 0 N–H and O–H groups in total. The molecule has 2 aliphatic rings. The second-order valence-corrected chi connectivity index (χ2v) is 6.79. The van der Waals surface area contributed by atoms with Crippen molar-refractivity contribution in [3.05, 3.63) is 53.5 Å². The molecule has 0 spiro atoms. The van der Waals surface area contributed by atoms with E-state index < -0.39 is 0 Å². The van der Waals surface area contributed by atoms with Crippen molar-refractivity contribution in [2.24, 2.45) is 0 Å². The molecular formula is C19H24N4. The third-order valence-corrected chi connectivity index (χ3v) is 5.13. The minimum atomic E-state index is 0.559. The van der Waals surface area contributed by atoms with E-state index in [1.54, 1.807) is 6.33 Å². The molecule has 0 radical (unpaired) electrons. The molecule has 0 unspecified atom stereocenters. The van der Waals surface area contributed by atoms with Crippen LogP contribution in [0, 0.1) is 0 Å². The lowest BCUT2D eigenvalue weighted by atomic mass is 10.0. The zero-order chi connectivity index (χ0) is 15.6. The summed E-state index contributed by atoms with van der Waals surface area (Å²) in [6.45, 7) is 3.18. The quantitative estimate of drug-likeness (QED) is 0.872. The molecule has 0 aliphatic carbocycles. The Bertz CT molecular complexity index is 670. The van der Waals surface area contributed by atoms with Crippen LogP contribution >= 0.6 is 0 Å². The number of hydrogen-bond acceptors (Lipinski definition) is 4. The predicted octanol–water partition coefficient (Wildman–Crippen LogP) is 2.68. The lowest BCUT2D eigenvalue weighted by Crippen LogP contribution is -2.35. The second kappa shape index (κ2) is 6.28. The Morgan fingerprint density at radius 1 is 1.13 bits per heavy atom. The molecular weight excluding hydrogens is 284 g/mol. The van der Waals surface area contributed by atoms with Gasteiger partial charge in [0.05, 0.1) is 5.69 Å². The molecule has 23 heavy (non-hydrogen) atoms. The Labute approximate surface area is 138 Å². The Kier molecular flexibility index (Phi) is 4.00. The zero-order valence-electron chi connectivity index (χ0n) is 13.8.